The van der Waals surface area contributed by atoms with Crippen molar-refractivity contribution in [3.8, 4) is 0 Å². The van der Waals surface area contributed by atoms with Crippen molar-refractivity contribution in [2.24, 2.45) is 11.7 Å². The van der Waals surface area contributed by atoms with Crippen molar-refractivity contribution in [3.05, 3.63) is 46.9 Å². The molecule has 1 amide bonds. The smallest absolute Gasteiger partial charge is 0.268 e. The maximum absolute atomic E-state index is 11.8. The van der Waals surface area contributed by atoms with Crippen LogP contribution in [-0.4, -0.2) is 27.3 Å². The molecule has 0 aromatic carbocycles. The van der Waals surface area contributed by atoms with E-state index in [0.717, 1.165) is 18.5 Å². The summed E-state index contributed by atoms with van der Waals surface area (Å²) in [7, 11) is 1.89. The van der Waals surface area contributed by atoms with E-state index in [2.05, 4.69) is 43.4 Å². The van der Waals surface area contributed by atoms with Crippen LogP contribution in [0.1, 0.15) is 57.9 Å². The third-order valence-corrected chi connectivity index (χ3v) is 5.86. The first kappa shape index (κ1) is 22.5. The van der Waals surface area contributed by atoms with Crippen molar-refractivity contribution < 1.29 is 4.79 Å². The van der Waals surface area contributed by atoms with Gasteiger partial charge in [0.1, 0.15) is 5.69 Å². The van der Waals surface area contributed by atoms with Gasteiger partial charge in [-0.05, 0) is 42.8 Å². The lowest BCUT2D eigenvalue weighted by Gasteiger charge is -2.38. The number of hydrogen-bond acceptors (Lipinski definition) is 4. The highest BCUT2D eigenvalue weighted by molar-refractivity contribution is 7.97. The van der Waals surface area contributed by atoms with Crippen LogP contribution in [0.5, 0.6) is 0 Å². The fraction of sp³-hybridized carbons (Fsp3) is 0.526. The molecule has 26 heavy (non-hydrogen) atoms. The summed E-state index contributed by atoms with van der Waals surface area (Å²) < 4.78 is 3.77. The molecule has 1 aliphatic carbocycles. The zero-order valence-electron chi connectivity index (χ0n) is 16.6. The van der Waals surface area contributed by atoms with Crippen molar-refractivity contribution in [1.82, 2.24) is 9.09 Å². The van der Waals surface area contributed by atoms with Crippen molar-refractivity contribution in [3.63, 3.8) is 0 Å². The highest BCUT2D eigenvalue weighted by atomic mass is 35.5. The number of nitrogens with two attached hydrogens (primary N) is 1. The largest absolute Gasteiger partial charge is 0.364 e. The maximum atomic E-state index is 11.8. The second kappa shape index (κ2) is 10.6. The molecule has 1 heterocycles. The number of nitrogens with zero attached hydrogens (tertiary/aromatic N) is 3. The number of halogens is 1. The molecule has 0 saturated carbocycles. The number of hydrogen-bond donors (Lipinski definition) is 1. The summed E-state index contributed by atoms with van der Waals surface area (Å²) in [5, 5.41) is 2.62. The summed E-state index contributed by atoms with van der Waals surface area (Å²) in [6, 6.07) is 1.68. The summed E-state index contributed by atoms with van der Waals surface area (Å²) in [6.07, 6.45) is 10.3. The monoisotopic (exact) mass is 398 g/mol. The van der Waals surface area contributed by atoms with Gasteiger partial charge in [0.15, 0.2) is 0 Å². The van der Waals surface area contributed by atoms with Crippen LogP contribution in [-0.2, 0) is 0 Å². The van der Waals surface area contributed by atoms with Gasteiger partial charge in [0.2, 0.25) is 0 Å². The van der Waals surface area contributed by atoms with Crippen LogP contribution in [0.15, 0.2) is 36.2 Å². The molecule has 0 saturated heterocycles. The van der Waals surface area contributed by atoms with Crippen molar-refractivity contribution >= 4 is 29.5 Å². The zero-order valence-corrected chi connectivity index (χ0v) is 18.1. The van der Waals surface area contributed by atoms with Gasteiger partial charge >= 0.3 is 0 Å². The molecule has 0 radical (unpaired) electrons. The number of carbonyl (C=O) groups is 1. The Morgan fingerprint density at radius 3 is 2.46 bits per heavy atom. The number of allylic oxidation sites excluding steroid dienone is 3. The highest BCUT2D eigenvalue weighted by Crippen LogP contribution is 2.31. The van der Waals surface area contributed by atoms with Crippen molar-refractivity contribution in [1.29, 1.82) is 0 Å². The van der Waals surface area contributed by atoms with E-state index in [1.165, 1.54) is 0 Å². The minimum atomic E-state index is -0.549. The third-order valence-electron chi connectivity index (χ3n) is 4.03. The molecule has 0 spiro atoms. The molecule has 2 rings (SSSR count). The van der Waals surface area contributed by atoms with Gasteiger partial charge in [-0.1, -0.05) is 58.4 Å². The van der Waals surface area contributed by atoms with Crippen LogP contribution >= 0.6 is 23.5 Å². The molecule has 1 atom stereocenters. The minimum Gasteiger partial charge on any atom is -0.364 e. The Hall–Kier alpha value is -1.53. The van der Waals surface area contributed by atoms with E-state index in [4.69, 9.17) is 17.3 Å². The zero-order chi connectivity index (χ0) is 19.9. The number of hydrazine groups is 1. The van der Waals surface area contributed by atoms with E-state index < -0.39 is 5.91 Å². The van der Waals surface area contributed by atoms with Gasteiger partial charge in [-0.25, -0.2) is 14.2 Å². The maximum Gasteiger partial charge on any atom is 0.268 e. The van der Waals surface area contributed by atoms with Gasteiger partial charge in [-0.15, -0.1) is 0 Å². The van der Waals surface area contributed by atoms with Crippen LogP contribution in [0.2, 0.25) is 5.02 Å². The second-order valence-corrected chi connectivity index (χ2v) is 7.85. The lowest BCUT2D eigenvalue weighted by atomic mass is 10.1. The van der Waals surface area contributed by atoms with E-state index in [-0.39, 0.29) is 5.69 Å². The van der Waals surface area contributed by atoms with E-state index in [1.807, 2.05) is 26.0 Å². The molecular formula is C19H31ClN4OS. The number of amides is 1. The van der Waals surface area contributed by atoms with Crippen LogP contribution in [0.4, 0.5) is 0 Å². The van der Waals surface area contributed by atoms with Crippen LogP contribution in [0, 0.1) is 5.92 Å². The Balaban J connectivity index is 0.00000163. The van der Waals surface area contributed by atoms with Crippen LogP contribution in [0.25, 0.3) is 0 Å². The van der Waals surface area contributed by atoms with Crippen LogP contribution < -0.4 is 10.9 Å². The molecule has 1 aromatic rings. The second-order valence-electron chi connectivity index (χ2n) is 6.15. The SMILES string of the molecule is CC.CC(C)C(C)SN(C1=CCCC=C1)N(C)n1ccc(Cl)c1C(N)=O. The highest BCUT2D eigenvalue weighted by Gasteiger charge is 2.24. The molecule has 146 valence electrons. The molecule has 0 aliphatic heterocycles. The summed E-state index contributed by atoms with van der Waals surface area (Å²) in [4.78, 5) is 11.8. The van der Waals surface area contributed by atoms with E-state index in [1.54, 1.807) is 28.9 Å². The molecule has 1 aliphatic rings. The molecule has 7 heteroatoms. The molecule has 5 nitrogen and oxygen atoms in total. The number of aromatic nitrogens is 1. The molecule has 2 N–H and O–H groups in total. The molecule has 0 bridgehead atoms. The fourth-order valence-corrected chi connectivity index (χ4v) is 3.54. The molecule has 0 fully saturated rings. The summed E-state index contributed by atoms with van der Waals surface area (Å²) in [5.41, 5.74) is 6.87. The number of rotatable bonds is 7. The van der Waals surface area contributed by atoms with Crippen molar-refractivity contribution in [2.75, 3.05) is 12.2 Å². The summed E-state index contributed by atoms with van der Waals surface area (Å²) in [5.74, 6) is -0.0326. The Kier molecular flexibility index (Phi) is 9.16. The minimum absolute atomic E-state index is 0.280. The number of carbonyl (C=O) groups excluding carboxylic acids is 1. The first-order chi connectivity index (χ1) is 12.3. The van der Waals surface area contributed by atoms with Gasteiger partial charge in [-0.3, -0.25) is 4.79 Å². The topological polar surface area (TPSA) is 54.5 Å². The van der Waals surface area contributed by atoms with E-state index >= 15 is 0 Å². The fourth-order valence-electron chi connectivity index (χ4n) is 2.28. The van der Waals surface area contributed by atoms with Crippen LogP contribution in [0.3, 0.4) is 0 Å². The molecule has 1 aromatic heterocycles. The molecule has 1 unspecified atom stereocenters. The Morgan fingerprint density at radius 2 is 1.96 bits per heavy atom. The van der Waals surface area contributed by atoms with E-state index in [0.29, 0.717) is 16.2 Å². The van der Waals surface area contributed by atoms with Gasteiger partial charge in [0, 0.05) is 18.5 Å². The average Bonchev–Trinajstić information content (AvgIpc) is 3.03. The van der Waals surface area contributed by atoms with Gasteiger partial charge in [0.05, 0.1) is 10.7 Å². The average molecular weight is 399 g/mol. The number of primary amides is 1. The lowest BCUT2D eigenvalue weighted by molar-refractivity contribution is 0.0989. The summed E-state index contributed by atoms with van der Waals surface area (Å²) >= 11 is 7.84. The predicted molar refractivity (Wildman–Crippen MR) is 114 cm³/mol. The Bertz CT molecular complexity index is 654. The Morgan fingerprint density at radius 1 is 1.31 bits per heavy atom. The van der Waals surface area contributed by atoms with Crippen molar-refractivity contribution in [2.45, 2.75) is 52.7 Å². The Labute approximate surface area is 166 Å². The third kappa shape index (κ3) is 5.48. The van der Waals surface area contributed by atoms with Gasteiger partial charge in [-0.2, -0.15) is 0 Å². The van der Waals surface area contributed by atoms with E-state index in [9.17, 15) is 4.79 Å². The quantitative estimate of drug-likeness (QED) is 0.520. The van der Waals surface area contributed by atoms with Gasteiger partial charge in [0.25, 0.3) is 5.91 Å². The standard InChI is InChI=1S/C17H25ClN4OS.C2H6/c1-12(2)13(3)24-22(14-8-6-5-7-9-14)20(4)21-11-10-15(18)16(21)17(19)23;1-2/h6,8-13H,5,7H2,1-4H3,(H2,19,23);1-2H3. The van der Waals surface area contributed by atoms with Gasteiger partial charge < -0.3 is 5.73 Å². The first-order valence-electron chi connectivity index (χ1n) is 9.07. The lowest BCUT2D eigenvalue weighted by Crippen LogP contribution is -2.45. The summed E-state index contributed by atoms with van der Waals surface area (Å²) in [6.45, 7) is 10.6. The first-order valence-corrected chi connectivity index (χ1v) is 10.3. The normalized spacial score (nSPS) is 14.4. The molecular weight excluding hydrogens is 368 g/mol. The predicted octanol–water partition coefficient (Wildman–Crippen LogP) is 4.98.